The molecule has 0 aromatic heterocycles. The number of halogens is 1. The van der Waals surface area contributed by atoms with Gasteiger partial charge in [0.2, 0.25) is 11.8 Å². The summed E-state index contributed by atoms with van der Waals surface area (Å²) < 4.78 is 1.96. The van der Waals surface area contributed by atoms with Gasteiger partial charge in [0.15, 0.2) is 11.1 Å². The van der Waals surface area contributed by atoms with Gasteiger partial charge < -0.3 is 32.1 Å². The molecule has 1 aliphatic carbocycles. The van der Waals surface area contributed by atoms with E-state index in [1.807, 2.05) is 21.3 Å². The van der Waals surface area contributed by atoms with Crippen molar-refractivity contribution in [2.75, 3.05) is 19.6 Å². The predicted molar refractivity (Wildman–Crippen MR) is 141 cm³/mol. The molecule has 0 aromatic carbocycles. The number of carbonyl (C=O) groups is 4. The molecule has 2 amide bonds. The van der Waals surface area contributed by atoms with Crippen LogP contribution in [0.15, 0.2) is 27.4 Å². The second-order valence-corrected chi connectivity index (χ2v) is 9.00. The minimum atomic E-state index is -1.41. The van der Waals surface area contributed by atoms with Gasteiger partial charge in [0.1, 0.15) is 6.04 Å². The lowest BCUT2D eigenvalue weighted by Crippen LogP contribution is -2.48. The number of thiol groups is 1. The Labute approximate surface area is 218 Å². The van der Waals surface area contributed by atoms with Crippen molar-refractivity contribution < 1.29 is 24.3 Å². The van der Waals surface area contributed by atoms with E-state index in [9.17, 15) is 19.2 Å². The van der Waals surface area contributed by atoms with Crippen LogP contribution in [-0.2, 0) is 19.2 Å². The van der Waals surface area contributed by atoms with Gasteiger partial charge in [-0.05, 0) is 42.1 Å². The van der Waals surface area contributed by atoms with Gasteiger partial charge in [-0.25, -0.2) is 4.79 Å². The van der Waals surface area contributed by atoms with Crippen LogP contribution in [0.2, 0.25) is 0 Å². The lowest BCUT2D eigenvalue weighted by Gasteiger charge is -2.19. The van der Waals surface area contributed by atoms with Gasteiger partial charge in [-0.15, -0.1) is 12.6 Å². The standard InChI is InChI=1S/C21H33IN6O5S/c22-8-1-2-10-28(11-7-14-5-6-14)21(24)25-9-3-4-15(23)19(31)26-13-17(29)27-16(20(32)33)12-18(30)34/h1,7-8,11,14-16H,2-6,9-10,12-13,23H2,(H2,24,25)(H,26,31)(H,27,29)(H,30,34)(H,32,33)/b8-1-,11-7-/t15-,16-/m0/s1. The van der Waals surface area contributed by atoms with E-state index in [-0.39, 0.29) is 0 Å². The lowest BCUT2D eigenvalue weighted by molar-refractivity contribution is -0.142. The highest BCUT2D eigenvalue weighted by atomic mass is 127. The van der Waals surface area contributed by atoms with Crippen LogP contribution in [0.3, 0.4) is 0 Å². The number of nitrogens with zero attached hydrogens (tertiary/aromatic N) is 2. The molecule has 190 valence electrons. The van der Waals surface area contributed by atoms with E-state index in [2.05, 4.69) is 56.9 Å². The molecule has 0 radical (unpaired) electrons. The zero-order valence-electron chi connectivity index (χ0n) is 18.9. The number of nitrogens with one attached hydrogen (secondary N) is 2. The maximum atomic E-state index is 12.1. The Kier molecular flexibility index (Phi) is 14.5. The van der Waals surface area contributed by atoms with E-state index in [1.165, 1.54) is 12.8 Å². The molecule has 0 aromatic rings. The van der Waals surface area contributed by atoms with Crippen molar-refractivity contribution in [3.8, 4) is 0 Å². The SMILES string of the molecule is NC(=NCCC[C@H](N)C(=O)NCC(=O)N[C@@H](CC(=O)S)C(=O)O)N(/C=C\C1CC1)CC/C=C\I. The van der Waals surface area contributed by atoms with Gasteiger partial charge in [0.25, 0.3) is 0 Å². The highest BCUT2D eigenvalue weighted by Crippen LogP contribution is 2.30. The van der Waals surface area contributed by atoms with Crippen LogP contribution in [0.4, 0.5) is 0 Å². The van der Waals surface area contributed by atoms with Crippen LogP contribution in [0.5, 0.6) is 0 Å². The van der Waals surface area contributed by atoms with Crippen molar-refractivity contribution in [3.05, 3.63) is 22.4 Å². The minimum absolute atomic E-state index is 0.325. The van der Waals surface area contributed by atoms with Crippen molar-refractivity contribution in [3.63, 3.8) is 0 Å². The molecule has 1 rings (SSSR count). The zero-order valence-corrected chi connectivity index (χ0v) is 21.9. The average molecular weight is 609 g/mol. The second-order valence-electron chi connectivity index (χ2n) is 7.79. The van der Waals surface area contributed by atoms with E-state index in [0.29, 0.717) is 37.8 Å². The number of carboxylic acids is 1. The smallest absolute Gasteiger partial charge is 0.326 e. The molecule has 1 fully saturated rings. The fourth-order valence-corrected chi connectivity index (χ4v) is 3.24. The maximum absolute atomic E-state index is 12.1. The first kappa shape index (κ1) is 29.9. The summed E-state index contributed by atoms with van der Waals surface area (Å²) in [5, 5.41) is 12.8. The van der Waals surface area contributed by atoms with Crippen molar-refractivity contribution in [2.45, 2.75) is 50.6 Å². The van der Waals surface area contributed by atoms with Gasteiger partial charge in [0, 0.05) is 25.7 Å². The molecule has 0 aliphatic heterocycles. The highest BCUT2D eigenvalue weighted by Gasteiger charge is 2.23. The van der Waals surface area contributed by atoms with Crippen LogP contribution >= 0.6 is 35.2 Å². The third-order valence-electron chi connectivity index (χ3n) is 4.80. The van der Waals surface area contributed by atoms with E-state index in [4.69, 9.17) is 16.6 Å². The van der Waals surface area contributed by atoms with E-state index < -0.39 is 47.9 Å². The number of aliphatic imine (C=N–C) groups is 1. The Morgan fingerprint density at radius 3 is 2.59 bits per heavy atom. The third-order valence-corrected chi connectivity index (χ3v) is 5.49. The Hall–Kier alpha value is -2.13. The van der Waals surface area contributed by atoms with Crippen LogP contribution in [0.25, 0.3) is 0 Å². The summed E-state index contributed by atoms with van der Waals surface area (Å²) >= 11 is 5.67. The fraction of sp³-hybridized carbons (Fsp3) is 0.571. The molecular weight excluding hydrogens is 575 g/mol. The molecule has 2 atom stereocenters. The molecule has 13 heteroatoms. The Balaban J connectivity index is 2.40. The normalized spacial score (nSPS) is 15.8. The van der Waals surface area contributed by atoms with E-state index >= 15 is 0 Å². The monoisotopic (exact) mass is 608 g/mol. The summed E-state index contributed by atoms with van der Waals surface area (Å²) in [5.41, 5.74) is 12.0. The first-order valence-corrected chi connectivity index (χ1v) is 12.6. The molecule has 0 saturated heterocycles. The Morgan fingerprint density at radius 2 is 2.00 bits per heavy atom. The number of carbonyl (C=O) groups excluding carboxylic acids is 3. The lowest BCUT2D eigenvalue weighted by atomic mass is 10.1. The largest absolute Gasteiger partial charge is 0.480 e. The predicted octanol–water partition coefficient (Wildman–Crippen LogP) is 0.505. The topological polar surface area (TPSA) is 180 Å². The number of rotatable bonds is 16. The number of nitrogens with two attached hydrogens (primary N) is 2. The Morgan fingerprint density at radius 1 is 1.29 bits per heavy atom. The van der Waals surface area contributed by atoms with Crippen molar-refractivity contribution in [1.29, 1.82) is 0 Å². The zero-order chi connectivity index (χ0) is 25.5. The summed E-state index contributed by atoms with van der Waals surface area (Å²) in [7, 11) is 0. The van der Waals surface area contributed by atoms with Crippen LogP contribution < -0.4 is 22.1 Å². The van der Waals surface area contributed by atoms with Crippen molar-refractivity contribution >= 4 is 64.1 Å². The van der Waals surface area contributed by atoms with Crippen molar-refractivity contribution in [2.24, 2.45) is 22.4 Å². The molecule has 0 spiro atoms. The summed E-state index contributed by atoms with van der Waals surface area (Å²) in [5.74, 6) is -1.65. The van der Waals surface area contributed by atoms with Crippen LogP contribution in [0, 0.1) is 5.92 Å². The first-order chi connectivity index (χ1) is 16.1. The number of hydrogen-bond acceptors (Lipinski definition) is 6. The van der Waals surface area contributed by atoms with Crippen LogP contribution in [0.1, 0.15) is 38.5 Å². The van der Waals surface area contributed by atoms with Gasteiger partial charge >= 0.3 is 5.97 Å². The number of amides is 2. The van der Waals surface area contributed by atoms with E-state index in [0.717, 1.165) is 6.42 Å². The minimum Gasteiger partial charge on any atom is -0.480 e. The second kappa shape index (κ2) is 16.5. The summed E-state index contributed by atoms with van der Waals surface area (Å²) in [4.78, 5) is 52.2. The number of carboxylic acid groups (broad SMARTS) is 1. The van der Waals surface area contributed by atoms with Gasteiger partial charge in [-0.2, -0.15) is 0 Å². The van der Waals surface area contributed by atoms with Gasteiger partial charge in [0.05, 0.1) is 12.6 Å². The van der Waals surface area contributed by atoms with Gasteiger partial charge in [-0.3, -0.25) is 19.4 Å². The molecule has 0 bridgehead atoms. The summed E-state index contributed by atoms with van der Waals surface area (Å²) in [6.45, 7) is 0.643. The number of guanidine groups is 1. The Bertz CT molecular complexity index is 803. The maximum Gasteiger partial charge on any atom is 0.326 e. The molecular formula is C21H33IN6O5S. The summed E-state index contributed by atoms with van der Waals surface area (Å²) in [6.07, 6.45) is 9.77. The molecule has 7 N–H and O–H groups in total. The average Bonchev–Trinajstić information content (AvgIpc) is 3.60. The molecule has 34 heavy (non-hydrogen) atoms. The molecule has 0 heterocycles. The van der Waals surface area contributed by atoms with Gasteiger partial charge in [-0.1, -0.05) is 34.7 Å². The molecule has 1 saturated carbocycles. The first-order valence-electron chi connectivity index (χ1n) is 10.9. The van der Waals surface area contributed by atoms with Crippen molar-refractivity contribution in [1.82, 2.24) is 15.5 Å². The fourth-order valence-electron chi connectivity index (χ4n) is 2.70. The number of allylic oxidation sites excluding steroid dienone is 1. The third kappa shape index (κ3) is 13.5. The quantitative estimate of drug-likeness (QED) is 0.0482. The summed E-state index contributed by atoms with van der Waals surface area (Å²) in [6, 6.07) is -2.28. The number of hydrogen-bond donors (Lipinski definition) is 6. The molecule has 1 aliphatic rings. The van der Waals surface area contributed by atoms with E-state index in [1.54, 1.807) is 0 Å². The van der Waals surface area contributed by atoms with Crippen LogP contribution in [-0.4, -0.2) is 70.6 Å². The molecule has 0 unspecified atom stereocenters. The number of aliphatic carboxylic acids is 1. The molecule has 11 nitrogen and oxygen atoms in total. The highest BCUT2D eigenvalue weighted by molar-refractivity contribution is 14.1.